The van der Waals surface area contributed by atoms with Crippen LogP contribution < -0.4 is 14.8 Å². The van der Waals surface area contributed by atoms with E-state index in [0.717, 1.165) is 41.9 Å². The molecule has 1 saturated heterocycles. The lowest BCUT2D eigenvalue weighted by Crippen LogP contribution is -2.48. The number of benzene rings is 1. The molecule has 5 nitrogen and oxygen atoms in total. The zero-order valence-electron chi connectivity index (χ0n) is 15.3. The van der Waals surface area contributed by atoms with E-state index in [2.05, 4.69) is 40.8 Å². The Morgan fingerprint density at radius 3 is 2.79 bits per heavy atom. The monoisotopic (exact) mass is 351 g/mol. The van der Waals surface area contributed by atoms with Gasteiger partial charge in [-0.15, -0.1) is 0 Å². The van der Waals surface area contributed by atoms with Gasteiger partial charge < -0.3 is 19.7 Å². The molecule has 0 bridgehead atoms. The summed E-state index contributed by atoms with van der Waals surface area (Å²) >= 11 is 2.07. The second kappa shape index (κ2) is 9.06. The summed E-state index contributed by atoms with van der Waals surface area (Å²) in [4.78, 5) is 6.82. The number of guanidine groups is 1. The molecule has 0 radical (unpaired) electrons. The molecule has 6 heteroatoms. The summed E-state index contributed by atoms with van der Waals surface area (Å²) in [6, 6.07) is 5.93. The van der Waals surface area contributed by atoms with E-state index >= 15 is 0 Å². The maximum atomic E-state index is 5.51. The number of thioether (sulfide) groups is 1. The molecule has 24 heavy (non-hydrogen) atoms. The van der Waals surface area contributed by atoms with E-state index in [1.54, 1.807) is 14.2 Å². The summed E-state index contributed by atoms with van der Waals surface area (Å²) in [7, 11) is 5.17. The fourth-order valence-corrected chi connectivity index (χ4v) is 4.17. The summed E-state index contributed by atoms with van der Waals surface area (Å²) in [5.74, 6) is 4.30. The second-order valence-electron chi connectivity index (χ2n) is 6.15. The van der Waals surface area contributed by atoms with Crippen LogP contribution in [-0.4, -0.2) is 56.2 Å². The molecule has 0 aromatic heterocycles. The van der Waals surface area contributed by atoms with Crippen LogP contribution in [0.2, 0.25) is 0 Å². The van der Waals surface area contributed by atoms with Gasteiger partial charge in [0.05, 0.1) is 14.2 Å². The van der Waals surface area contributed by atoms with Crippen LogP contribution in [0.15, 0.2) is 23.2 Å². The van der Waals surface area contributed by atoms with Crippen LogP contribution >= 0.6 is 11.8 Å². The number of nitrogens with zero attached hydrogens (tertiary/aromatic N) is 2. The van der Waals surface area contributed by atoms with Crippen molar-refractivity contribution in [3.05, 3.63) is 23.8 Å². The summed E-state index contributed by atoms with van der Waals surface area (Å²) in [6.45, 7) is 7.31. The second-order valence-corrected chi connectivity index (χ2v) is 7.50. The lowest BCUT2D eigenvalue weighted by Gasteiger charge is -2.36. The van der Waals surface area contributed by atoms with Crippen LogP contribution in [0, 0.1) is 5.92 Å². The summed E-state index contributed by atoms with van der Waals surface area (Å²) in [5, 5.41) is 4.13. The lowest BCUT2D eigenvalue weighted by molar-refractivity contribution is 0.350. The van der Waals surface area contributed by atoms with Crippen LogP contribution in [-0.2, 0) is 6.54 Å². The first kappa shape index (κ1) is 18.8. The van der Waals surface area contributed by atoms with E-state index in [4.69, 9.17) is 9.47 Å². The average Bonchev–Trinajstić information content (AvgIpc) is 2.62. The van der Waals surface area contributed by atoms with E-state index in [1.165, 1.54) is 0 Å². The number of nitrogens with one attached hydrogen (secondary N) is 1. The van der Waals surface area contributed by atoms with Crippen LogP contribution in [0.3, 0.4) is 0 Å². The maximum Gasteiger partial charge on any atom is 0.193 e. The largest absolute Gasteiger partial charge is 0.493 e. The first-order chi connectivity index (χ1) is 11.6. The SMILES string of the molecule is CN=C(NCc1cccc(OC)c1OC)N1CCSC(C(C)C)C1. The van der Waals surface area contributed by atoms with Gasteiger partial charge in [0.15, 0.2) is 17.5 Å². The van der Waals surface area contributed by atoms with Gasteiger partial charge in [-0.25, -0.2) is 0 Å². The Labute approximate surface area is 149 Å². The standard InChI is InChI=1S/C18H29N3O2S/c1-13(2)16-12-21(9-10-24-16)18(19-3)20-11-14-7-6-8-15(22-4)17(14)23-5/h6-8,13,16H,9-12H2,1-5H3,(H,19,20). The third-order valence-corrected chi connectivity index (χ3v) is 5.81. The Kier molecular flexibility index (Phi) is 7.09. The number of aliphatic imine (C=N–C) groups is 1. The number of rotatable bonds is 5. The zero-order chi connectivity index (χ0) is 17.5. The van der Waals surface area contributed by atoms with Crippen molar-refractivity contribution >= 4 is 17.7 Å². The zero-order valence-corrected chi connectivity index (χ0v) is 16.2. The molecule has 0 amide bonds. The number of methoxy groups -OCH3 is 2. The minimum absolute atomic E-state index is 0.656. The Morgan fingerprint density at radius 1 is 1.38 bits per heavy atom. The van der Waals surface area contributed by atoms with Gasteiger partial charge >= 0.3 is 0 Å². The van der Waals surface area contributed by atoms with Crippen molar-refractivity contribution in [2.75, 3.05) is 40.1 Å². The quantitative estimate of drug-likeness (QED) is 0.653. The van der Waals surface area contributed by atoms with Gasteiger partial charge in [-0.1, -0.05) is 26.0 Å². The summed E-state index contributed by atoms with van der Waals surface area (Å²) in [5.41, 5.74) is 1.06. The van der Waals surface area contributed by atoms with Gasteiger partial charge in [0.25, 0.3) is 0 Å². The molecule has 1 aliphatic heterocycles. The highest BCUT2D eigenvalue weighted by Gasteiger charge is 2.25. The van der Waals surface area contributed by atoms with Gasteiger partial charge in [0.2, 0.25) is 0 Å². The van der Waals surface area contributed by atoms with E-state index in [9.17, 15) is 0 Å². The molecule has 1 aliphatic rings. The first-order valence-electron chi connectivity index (χ1n) is 8.37. The molecule has 1 aromatic rings. The average molecular weight is 352 g/mol. The van der Waals surface area contributed by atoms with Crippen LogP contribution in [0.1, 0.15) is 19.4 Å². The van der Waals surface area contributed by atoms with Crippen LogP contribution in [0.4, 0.5) is 0 Å². The summed E-state index contributed by atoms with van der Waals surface area (Å²) < 4.78 is 10.9. The van der Waals surface area contributed by atoms with Crippen molar-refractivity contribution in [2.45, 2.75) is 25.6 Å². The number of ether oxygens (including phenoxy) is 2. The highest BCUT2D eigenvalue weighted by Crippen LogP contribution is 2.30. The molecule has 0 spiro atoms. The maximum absolute atomic E-state index is 5.51. The van der Waals surface area contributed by atoms with Gasteiger partial charge in [0, 0.05) is 43.2 Å². The predicted molar refractivity (Wildman–Crippen MR) is 102 cm³/mol. The fourth-order valence-electron chi connectivity index (χ4n) is 2.87. The lowest BCUT2D eigenvalue weighted by atomic mass is 10.1. The van der Waals surface area contributed by atoms with Crippen molar-refractivity contribution in [3.8, 4) is 11.5 Å². The van der Waals surface area contributed by atoms with E-state index in [-0.39, 0.29) is 0 Å². The van der Waals surface area contributed by atoms with Crippen LogP contribution in [0.5, 0.6) is 11.5 Å². The topological polar surface area (TPSA) is 46.1 Å². The summed E-state index contributed by atoms with van der Waals surface area (Å²) in [6.07, 6.45) is 0. The van der Waals surface area contributed by atoms with Crippen molar-refractivity contribution in [2.24, 2.45) is 10.9 Å². The van der Waals surface area contributed by atoms with E-state index in [1.807, 2.05) is 25.2 Å². The molecule has 1 N–H and O–H groups in total. The smallest absolute Gasteiger partial charge is 0.193 e. The fraction of sp³-hybridized carbons (Fsp3) is 0.611. The molecule has 1 heterocycles. The van der Waals surface area contributed by atoms with Crippen molar-refractivity contribution in [3.63, 3.8) is 0 Å². The Hall–Kier alpha value is -1.56. The van der Waals surface area contributed by atoms with Gasteiger partial charge in [-0.3, -0.25) is 4.99 Å². The number of para-hydroxylation sites is 1. The molecule has 0 aliphatic carbocycles. The molecule has 1 aromatic carbocycles. The first-order valence-corrected chi connectivity index (χ1v) is 9.42. The molecule has 0 saturated carbocycles. The van der Waals surface area contributed by atoms with E-state index < -0.39 is 0 Å². The molecule has 2 rings (SSSR count). The molecular formula is C18H29N3O2S. The minimum atomic E-state index is 0.656. The van der Waals surface area contributed by atoms with Crippen molar-refractivity contribution in [1.82, 2.24) is 10.2 Å². The van der Waals surface area contributed by atoms with Gasteiger partial charge in [0.1, 0.15) is 0 Å². The predicted octanol–water partition coefficient (Wildman–Crippen LogP) is 2.85. The van der Waals surface area contributed by atoms with E-state index in [0.29, 0.717) is 17.7 Å². The Bertz CT molecular complexity index is 563. The van der Waals surface area contributed by atoms with Crippen molar-refractivity contribution in [1.29, 1.82) is 0 Å². The number of hydrogen-bond acceptors (Lipinski definition) is 4. The third kappa shape index (κ3) is 4.50. The molecular weight excluding hydrogens is 322 g/mol. The normalized spacial score (nSPS) is 18.7. The third-order valence-electron chi connectivity index (χ3n) is 4.27. The molecule has 134 valence electrons. The van der Waals surface area contributed by atoms with Crippen LogP contribution in [0.25, 0.3) is 0 Å². The Morgan fingerprint density at radius 2 is 2.17 bits per heavy atom. The number of hydrogen-bond donors (Lipinski definition) is 1. The Balaban J connectivity index is 2.04. The van der Waals surface area contributed by atoms with Gasteiger partial charge in [-0.2, -0.15) is 11.8 Å². The van der Waals surface area contributed by atoms with Crippen molar-refractivity contribution < 1.29 is 9.47 Å². The van der Waals surface area contributed by atoms with Gasteiger partial charge in [-0.05, 0) is 12.0 Å². The molecule has 1 atom stereocenters. The minimum Gasteiger partial charge on any atom is -0.493 e. The highest BCUT2D eigenvalue weighted by molar-refractivity contribution is 8.00. The highest BCUT2D eigenvalue weighted by atomic mass is 32.2. The molecule has 1 fully saturated rings. The molecule has 1 unspecified atom stereocenters.